The number of halogens is 1. The lowest BCUT2D eigenvalue weighted by Crippen LogP contribution is -2.06. The minimum absolute atomic E-state index is 0.398. The van der Waals surface area contributed by atoms with Gasteiger partial charge in [-0.25, -0.2) is 4.79 Å². The number of rotatable bonds is 1. The maximum Gasteiger partial charge on any atom is 0.336 e. The second kappa shape index (κ2) is 4.72. The molecule has 4 nitrogen and oxygen atoms in total. The Bertz CT molecular complexity index is 700. The third-order valence-corrected chi connectivity index (χ3v) is 3.42. The summed E-state index contributed by atoms with van der Waals surface area (Å²) in [7, 11) is 0. The Kier molecular flexibility index (Phi) is 3.43. The van der Waals surface area contributed by atoms with Gasteiger partial charge in [0.25, 0.3) is 0 Å². The number of carbonyl (C=O) groups excluding carboxylic acids is 1. The zero-order valence-corrected chi connectivity index (χ0v) is 12.3. The smallest absolute Gasteiger partial charge is 0.336 e. The Morgan fingerprint density at radius 2 is 2.00 bits per heavy atom. The fourth-order valence-electron chi connectivity index (χ4n) is 1.82. The van der Waals surface area contributed by atoms with Gasteiger partial charge in [0.05, 0.1) is 3.57 Å². The molecule has 2 rings (SSSR count). The minimum Gasteiger partial charge on any atom is -0.425 e. The molecule has 0 unspecified atom stereocenters. The van der Waals surface area contributed by atoms with E-state index in [9.17, 15) is 9.59 Å². The number of carbonyl (C=O) groups is 1. The van der Waals surface area contributed by atoms with E-state index in [4.69, 9.17) is 9.15 Å². The van der Waals surface area contributed by atoms with Gasteiger partial charge < -0.3 is 9.15 Å². The van der Waals surface area contributed by atoms with Gasteiger partial charge in [0.2, 0.25) is 0 Å². The SMILES string of the molecule is CC(=O)Oc1c(I)cc2c(C)cc(=O)oc2c1C. The maximum absolute atomic E-state index is 11.4. The number of benzene rings is 1. The van der Waals surface area contributed by atoms with Gasteiger partial charge >= 0.3 is 11.6 Å². The number of aryl methyl sites for hydroxylation is 2. The first-order chi connectivity index (χ1) is 8.40. The molecule has 0 fully saturated rings. The van der Waals surface area contributed by atoms with E-state index in [1.165, 1.54) is 13.0 Å². The van der Waals surface area contributed by atoms with Crippen LogP contribution in [0, 0.1) is 17.4 Å². The Morgan fingerprint density at radius 1 is 1.33 bits per heavy atom. The highest BCUT2D eigenvalue weighted by Gasteiger charge is 2.15. The van der Waals surface area contributed by atoms with Crippen molar-refractivity contribution in [2.45, 2.75) is 20.8 Å². The molecule has 1 aromatic carbocycles. The van der Waals surface area contributed by atoms with E-state index in [1.54, 1.807) is 6.92 Å². The number of hydrogen-bond donors (Lipinski definition) is 0. The van der Waals surface area contributed by atoms with Crippen LogP contribution in [0.4, 0.5) is 0 Å². The van der Waals surface area contributed by atoms with Crippen LogP contribution in [0.1, 0.15) is 18.1 Å². The molecule has 0 bridgehead atoms. The lowest BCUT2D eigenvalue weighted by Gasteiger charge is -2.11. The Balaban J connectivity index is 2.84. The Morgan fingerprint density at radius 3 is 2.61 bits per heavy atom. The first-order valence-corrected chi connectivity index (χ1v) is 6.40. The molecule has 1 aromatic heterocycles. The summed E-state index contributed by atoms with van der Waals surface area (Å²) in [4.78, 5) is 22.5. The van der Waals surface area contributed by atoms with E-state index >= 15 is 0 Å². The highest BCUT2D eigenvalue weighted by molar-refractivity contribution is 14.1. The van der Waals surface area contributed by atoms with Crippen LogP contribution in [-0.2, 0) is 4.79 Å². The van der Waals surface area contributed by atoms with Gasteiger partial charge in [-0.05, 0) is 48.1 Å². The largest absolute Gasteiger partial charge is 0.425 e. The van der Waals surface area contributed by atoms with Gasteiger partial charge in [-0.15, -0.1) is 0 Å². The van der Waals surface area contributed by atoms with E-state index in [-0.39, 0.29) is 0 Å². The van der Waals surface area contributed by atoms with E-state index in [1.807, 2.05) is 13.0 Å². The summed E-state index contributed by atoms with van der Waals surface area (Å²) < 4.78 is 11.2. The summed E-state index contributed by atoms with van der Waals surface area (Å²) in [6, 6.07) is 3.29. The van der Waals surface area contributed by atoms with E-state index in [0.717, 1.165) is 14.5 Å². The van der Waals surface area contributed by atoms with Crippen molar-refractivity contribution in [3.05, 3.63) is 37.2 Å². The molecule has 2 aromatic rings. The highest BCUT2D eigenvalue weighted by Crippen LogP contribution is 2.33. The molecule has 0 radical (unpaired) electrons. The molecule has 0 saturated heterocycles. The summed E-state index contributed by atoms with van der Waals surface area (Å²) in [6.07, 6.45) is 0. The van der Waals surface area contributed by atoms with Crippen molar-refractivity contribution in [2.24, 2.45) is 0 Å². The summed E-state index contributed by atoms with van der Waals surface area (Å²) in [5, 5.41) is 0.854. The van der Waals surface area contributed by atoms with Crippen molar-refractivity contribution in [2.75, 3.05) is 0 Å². The fourth-order valence-corrected chi connectivity index (χ4v) is 2.65. The van der Waals surface area contributed by atoms with Gasteiger partial charge in [-0.3, -0.25) is 4.79 Å². The quantitative estimate of drug-likeness (QED) is 0.341. The molecule has 94 valence electrons. The van der Waals surface area contributed by atoms with Gasteiger partial charge in [0.1, 0.15) is 5.58 Å². The average molecular weight is 358 g/mol. The van der Waals surface area contributed by atoms with Gasteiger partial charge in [-0.1, -0.05) is 0 Å². The predicted molar refractivity (Wildman–Crippen MR) is 76.0 cm³/mol. The third kappa shape index (κ3) is 2.27. The maximum atomic E-state index is 11.4. The summed E-state index contributed by atoms with van der Waals surface area (Å²) in [5.41, 5.74) is 1.57. The van der Waals surface area contributed by atoms with Gasteiger partial charge in [0, 0.05) is 23.9 Å². The lowest BCUT2D eigenvalue weighted by molar-refractivity contribution is -0.131. The molecule has 0 atom stereocenters. The zero-order valence-electron chi connectivity index (χ0n) is 10.2. The molecule has 1 heterocycles. The van der Waals surface area contributed by atoms with Crippen molar-refractivity contribution < 1.29 is 13.9 Å². The second-order valence-corrected chi connectivity index (χ2v) is 5.19. The van der Waals surface area contributed by atoms with Crippen LogP contribution in [0.5, 0.6) is 5.75 Å². The summed E-state index contributed by atoms with van der Waals surface area (Å²) in [6.45, 7) is 4.96. The standard InChI is InChI=1S/C13H11IO4/c1-6-4-11(16)18-12-7(2)13(17-8(3)15)10(14)5-9(6)12/h4-5H,1-3H3. The molecule has 0 saturated carbocycles. The molecule has 0 amide bonds. The molecule has 0 N–H and O–H groups in total. The molecule has 0 aliphatic heterocycles. The molecule has 0 spiro atoms. The predicted octanol–water partition coefficient (Wildman–Crippen LogP) is 2.94. The fraction of sp³-hybridized carbons (Fsp3) is 0.231. The van der Waals surface area contributed by atoms with Crippen LogP contribution in [0.3, 0.4) is 0 Å². The highest BCUT2D eigenvalue weighted by atomic mass is 127. The van der Waals surface area contributed by atoms with Crippen molar-refractivity contribution in [1.82, 2.24) is 0 Å². The van der Waals surface area contributed by atoms with Crippen molar-refractivity contribution in [3.63, 3.8) is 0 Å². The van der Waals surface area contributed by atoms with Crippen molar-refractivity contribution >= 4 is 39.5 Å². The first-order valence-electron chi connectivity index (χ1n) is 5.32. The minimum atomic E-state index is -0.405. The van der Waals surface area contributed by atoms with Crippen molar-refractivity contribution in [1.29, 1.82) is 0 Å². The van der Waals surface area contributed by atoms with Crippen molar-refractivity contribution in [3.8, 4) is 5.75 Å². The number of ether oxygens (including phenoxy) is 1. The normalized spacial score (nSPS) is 10.7. The number of fused-ring (bicyclic) bond motifs is 1. The molecule has 0 aliphatic rings. The first kappa shape index (κ1) is 13.1. The van der Waals surface area contributed by atoms with Crippen LogP contribution < -0.4 is 10.4 Å². The monoisotopic (exact) mass is 358 g/mol. The van der Waals surface area contributed by atoms with Gasteiger partial charge in [0.15, 0.2) is 5.75 Å². The zero-order chi connectivity index (χ0) is 13.4. The van der Waals surface area contributed by atoms with E-state index in [0.29, 0.717) is 16.9 Å². The molecule has 0 aliphatic carbocycles. The lowest BCUT2D eigenvalue weighted by atomic mass is 10.1. The molecular weight excluding hydrogens is 347 g/mol. The van der Waals surface area contributed by atoms with Crippen LogP contribution in [0.2, 0.25) is 0 Å². The number of esters is 1. The van der Waals surface area contributed by atoms with Crippen LogP contribution in [0.15, 0.2) is 21.3 Å². The summed E-state index contributed by atoms with van der Waals surface area (Å²) >= 11 is 2.10. The Hall–Kier alpha value is -1.37. The topological polar surface area (TPSA) is 56.5 Å². The molecular formula is C13H11IO4. The Labute approximate surface area is 117 Å². The van der Waals surface area contributed by atoms with Crippen LogP contribution >= 0.6 is 22.6 Å². The number of hydrogen-bond acceptors (Lipinski definition) is 4. The second-order valence-electron chi connectivity index (χ2n) is 4.03. The average Bonchev–Trinajstić information content (AvgIpc) is 2.26. The van der Waals surface area contributed by atoms with Crippen LogP contribution in [0.25, 0.3) is 11.0 Å². The van der Waals surface area contributed by atoms with Crippen LogP contribution in [-0.4, -0.2) is 5.97 Å². The molecule has 5 heteroatoms. The third-order valence-electron chi connectivity index (χ3n) is 2.62. The van der Waals surface area contributed by atoms with E-state index < -0.39 is 11.6 Å². The molecule has 18 heavy (non-hydrogen) atoms. The van der Waals surface area contributed by atoms with E-state index in [2.05, 4.69) is 22.6 Å². The summed E-state index contributed by atoms with van der Waals surface area (Å²) in [5.74, 6) is 0.0507. The van der Waals surface area contributed by atoms with Gasteiger partial charge in [-0.2, -0.15) is 0 Å².